The van der Waals surface area contributed by atoms with Crippen LogP contribution in [0.2, 0.25) is 0 Å². The molecule has 1 aromatic carbocycles. The molecule has 4 nitrogen and oxygen atoms in total. The fraction of sp³-hybridized carbons (Fsp3) is 0.526. The van der Waals surface area contributed by atoms with E-state index in [1.807, 2.05) is 13.8 Å². The quantitative estimate of drug-likeness (QED) is 0.859. The van der Waals surface area contributed by atoms with E-state index in [9.17, 15) is 18.0 Å². The van der Waals surface area contributed by atoms with Crippen LogP contribution in [0, 0.1) is 11.6 Å². The number of hydrogen-bond donors (Lipinski definition) is 1. The normalized spacial score (nSPS) is 26.4. The highest BCUT2D eigenvalue weighted by atomic mass is 19.1. The summed E-state index contributed by atoms with van der Waals surface area (Å²) in [5.41, 5.74) is 0.798. The van der Waals surface area contributed by atoms with Crippen molar-refractivity contribution in [3.8, 4) is 0 Å². The lowest BCUT2D eigenvalue weighted by molar-refractivity contribution is -0.120. The van der Waals surface area contributed by atoms with E-state index in [4.69, 9.17) is 4.74 Å². The van der Waals surface area contributed by atoms with Gasteiger partial charge in [0.2, 0.25) is 5.76 Å². The van der Waals surface area contributed by atoms with Crippen molar-refractivity contribution in [3.63, 3.8) is 0 Å². The molecule has 3 atom stereocenters. The summed E-state index contributed by atoms with van der Waals surface area (Å²) in [6.45, 7) is 4.32. The van der Waals surface area contributed by atoms with Crippen LogP contribution in [0.25, 0.3) is 0 Å². The minimum absolute atomic E-state index is 0.119. The molecule has 1 amide bonds. The molecule has 26 heavy (non-hydrogen) atoms. The molecule has 1 fully saturated rings. The second-order valence-electron chi connectivity index (χ2n) is 6.84. The van der Waals surface area contributed by atoms with Gasteiger partial charge >= 0.3 is 0 Å². The lowest BCUT2D eigenvalue weighted by Crippen LogP contribution is -2.46. The summed E-state index contributed by atoms with van der Waals surface area (Å²) in [4.78, 5) is 14.4. The van der Waals surface area contributed by atoms with Gasteiger partial charge in [-0.2, -0.15) is 0 Å². The summed E-state index contributed by atoms with van der Waals surface area (Å²) in [7, 11) is 0. The maximum atomic E-state index is 13.6. The fourth-order valence-corrected chi connectivity index (χ4v) is 3.62. The molecule has 1 aliphatic carbocycles. The Morgan fingerprint density at radius 3 is 2.50 bits per heavy atom. The average molecular weight is 368 g/mol. The molecular formula is C19H23F3N2O2. The summed E-state index contributed by atoms with van der Waals surface area (Å²) in [6, 6.07) is 2.71. The molecule has 1 aliphatic heterocycles. The highest BCUT2D eigenvalue weighted by Crippen LogP contribution is 2.33. The summed E-state index contributed by atoms with van der Waals surface area (Å²) in [5.74, 6) is -1.85. The van der Waals surface area contributed by atoms with Gasteiger partial charge in [0.1, 0.15) is 23.9 Å². The molecule has 0 saturated heterocycles. The predicted molar refractivity (Wildman–Crippen MR) is 92.2 cm³/mol. The zero-order valence-corrected chi connectivity index (χ0v) is 14.9. The first-order chi connectivity index (χ1) is 12.4. The van der Waals surface area contributed by atoms with Crippen LogP contribution in [-0.2, 0) is 9.53 Å². The summed E-state index contributed by atoms with van der Waals surface area (Å²) >= 11 is 0. The van der Waals surface area contributed by atoms with E-state index in [2.05, 4.69) is 5.32 Å². The zero-order valence-electron chi connectivity index (χ0n) is 14.9. The van der Waals surface area contributed by atoms with Gasteiger partial charge in [0, 0.05) is 31.5 Å². The highest BCUT2D eigenvalue weighted by Gasteiger charge is 2.37. The van der Waals surface area contributed by atoms with E-state index in [1.165, 1.54) is 4.90 Å². The predicted octanol–water partition coefficient (Wildman–Crippen LogP) is 3.82. The lowest BCUT2D eigenvalue weighted by atomic mass is 10.0. The molecule has 2 aliphatic rings. The number of nitrogens with zero attached hydrogens (tertiary/aromatic N) is 1. The van der Waals surface area contributed by atoms with Crippen LogP contribution in [0.5, 0.6) is 0 Å². The van der Waals surface area contributed by atoms with Gasteiger partial charge in [-0.25, -0.2) is 13.2 Å². The van der Waals surface area contributed by atoms with Crippen LogP contribution >= 0.6 is 0 Å². The van der Waals surface area contributed by atoms with Crippen molar-refractivity contribution in [1.82, 2.24) is 5.32 Å². The molecule has 0 aromatic heterocycles. The molecule has 1 saturated carbocycles. The standard InChI is InChI=1S/C19H23F3N2O2/c1-3-23-17-6-11(2)24(15-8-13(21)7-14(22)9-15)19(25)18(17)26-16-5-4-12(20)10-16/h7-9,11-12,16,23H,3-6,10H2,1-2H3/t11-,12?,16?/m0/s1. The van der Waals surface area contributed by atoms with E-state index in [1.54, 1.807) is 0 Å². The largest absolute Gasteiger partial charge is 0.483 e. The third kappa shape index (κ3) is 3.81. The molecule has 1 N–H and O–H groups in total. The average Bonchev–Trinajstić information content (AvgIpc) is 2.95. The second kappa shape index (κ2) is 7.60. The molecule has 0 bridgehead atoms. The number of ether oxygens (including phenoxy) is 1. The number of anilines is 1. The lowest BCUT2D eigenvalue weighted by Gasteiger charge is -2.36. The Balaban J connectivity index is 1.93. The SMILES string of the molecule is CCNC1=C(OC2CCC(F)C2)C(=O)N(c2cc(F)cc(F)c2)[C@@H](C)C1. The molecule has 0 radical (unpaired) electrons. The third-order valence-corrected chi connectivity index (χ3v) is 4.75. The Morgan fingerprint density at radius 1 is 1.23 bits per heavy atom. The first-order valence-electron chi connectivity index (χ1n) is 8.96. The number of hydrogen-bond acceptors (Lipinski definition) is 3. The topological polar surface area (TPSA) is 41.6 Å². The van der Waals surface area contributed by atoms with Gasteiger partial charge in [-0.15, -0.1) is 0 Å². The number of amides is 1. The minimum atomic E-state index is -0.922. The van der Waals surface area contributed by atoms with Crippen LogP contribution in [0.15, 0.2) is 29.7 Å². The first-order valence-corrected chi connectivity index (χ1v) is 8.96. The maximum absolute atomic E-state index is 13.6. The van der Waals surface area contributed by atoms with Crippen molar-refractivity contribution in [1.29, 1.82) is 0 Å². The molecule has 142 valence electrons. The van der Waals surface area contributed by atoms with Crippen molar-refractivity contribution in [2.24, 2.45) is 0 Å². The molecule has 3 rings (SSSR count). The molecule has 1 aromatic rings. The summed E-state index contributed by atoms with van der Waals surface area (Å²) in [6.07, 6.45) is 0.379. The van der Waals surface area contributed by atoms with E-state index in [0.717, 1.165) is 18.2 Å². The van der Waals surface area contributed by atoms with Gasteiger partial charge in [0.25, 0.3) is 5.91 Å². The zero-order chi connectivity index (χ0) is 18.8. The van der Waals surface area contributed by atoms with Crippen molar-refractivity contribution in [2.75, 3.05) is 11.4 Å². The highest BCUT2D eigenvalue weighted by molar-refractivity contribution is 6.06. The van der Waals surface area contributed by atoms with E-state index < -0.39 is 23.7 Å². The minimum Gasteiger partial charge on any atom is -0.483 e. The fourth-order valence-electron chi connectivity index (χ4n) is 3.62. The van der Waals surface area contributed by atoms with Crippen molar-refractivity contribution < 1.29 is 22.7 Å². The number of carbonyl (C=O) groups is 1. The smallest absolute Gasteiger partial charge is 0.295 e. The van der Waals surface area contributed by atoms with Crippen molar-refractivity contribution in [3.05, 3.63) is 41.3 Å². The van der Waals surface area contributed by atoms with Crippen LogP contribution in [0.4, 0.5) is 18.9 Å². The van der Waals surface area contributed by atoms with E-state index in [0.29, 0.717) is 31.5 Å². The molecule has 0 spiro atoms. The first kappa shape index (κ1) is 18.6. The van der Waals surface area contributed by atoms with Crippen molar-refractivity contribution in [2.45, 2.75) is 57.8 Å². The molecule has 1 heterocycles. The Bertz CT molecular complexity index is 702. The van der Waals surface area contributed by atoms with E-state index >= 15 is 0 Å². The van der Waals surface area contributed by atoms with Crippen LogP contribution in [0.1, 0.15) is 39.5 Å². The van der Waals surface area contributed by atoms with Gasteiger partial charge in [0.05, 0.1) is 11.4 Å². The second-order valence-corrected chi connectivity index (χ2v) is 6.84. The molecule has 7 heteroatoms. The van der Waals surface area contributed by atoms with E-state index in [-0.39, 0.29) is 30.0 Å². The third-order valence-electron chi connectivity index (χ3n) is 4.75. The van der Waals surface area contributed by atoms with Crippen LogP contribution in [-0.4, -0.2) is 30.8 Å². The Hall–Kier alpha value is -2.18. The number of nitrogens with one attached hydrogen (secondary N) is 1. The van der Waals surface area contributed by atoms with Crippen molar-refractivity contribution >= 4 is 11.6 Å². The Morgan fingerprint density at radius 2 is 1.92 bits per heavy atom. The van der Waals surface area contributed by atoms with Gasteiger partial charge in [-0.1, -0.05) is 0 Å². The summed E-state index contributed by atoms with van der Waals surface area (Å²) in [5, 5.41) is 3.14. The number of benzene rings is 1. The van der Waals surface area contributed by atoms with Gasteiger partial charge in [-0.3, -0.25) is 4.79 Å². The maximum Gasteiger partial charge on any atom is 0.295 e. The number of carbonyl (C=O) groups excluding carboxylic acids is 1. The Labute approximate surface area is 151 Å². The monoisotopic (exact) mass is 368 g/mol. The van der Waals surface area contributed by atoms with Gasteiger partial charge < -0.3 is 15.0 Å². The van der Waals surface area contributed by atoms with Crippen LogP contribution < -0.4 is 10.2 Å². The van der Waals surface area contributed by atoms with Gasteiger partial charge in [0.15, 0.2) is 0 Å². The number of halogens is 3. The molecular weight excluding hydrogens is 345 g/mol. The van der Waals surface area contributed by atoms with Crippen LogP contribution in [0.3, 0.4) is 0 Å². The number of rotatable bonds is 5. The molecule has 2 unspecified atom stereocenters. The summed E-state index contributed by atoms with van der Waals surface area (Å²) < 4.78 is 46.6. The van der Waals surface area contributed by atoms with Gasteiger partial charge in [-0.05, 0) is 38.8 Å². The Kier molecular flexibility index (Phi) is 5.44. The number of alkyl halides is 1.